The maximum absolute atomic E-state index is 4.40. The first-order chi connectivity index (χ1) is 6.93. The summed E-state index contributed by atoms with van der Waals surface area (Å²) < 4.78 is 0. The third kappa shape index (κ3) is 1.12. The second-order valence-corrected chi connectivity index (χ2v) is 3.75. The summed E-state index contributed by atoms with van der Waals surface area (Å²) in [4.78, 5) is 11.8. The number of hydrogen-bond acceptors (Lipinski definition) is 3. The van der Waals surface area contributed by atoms with Gasteiger partial charge in [-0.3, -0.25) is 0 Å². The van der Waals surface area contributed by atoms with Crippen LogP contribution in [0.2, 0.25) is 0 Å². The first-order valence-electron chi connectivity index (χ1n) is 4.27. The molecule has 0 fully saturated rings. The molecule has 0 aromatic carbocycles. The molecule has 3 nitrogen and oxygen atoms in total. The van der Waals surface area contributed by atoms with Gasteiger partial charge in [-0.05, 0) is 23.6 Å². The minimum Gasteiger partial charge on any atom is -0.337 e. The number of aromatic nitrogens is 3. The summed E-state index contributed by atoms with van der Waals surface area (Å²) in [5.41, 5.74) is 2.87. The predicted octanol–water partition coefficient (Wildman–Crippen LogP) is 2.69. The van der Waals surface area contributed by atoms with Crippen molar-refractivity contribution in [1.82, 2.24) is 15.0 Å². The molecular formula is C10H7N3S. The zero-order chi connectivity index (χ0) is 9.38. The number of rotatable bonds is 1. The number of nitrogens with zero attached hydrogens (tertiary/aromatic N) is 2. The van der Waals surface area contributed by atoms with E-state index >= 15 is 0 Å². The molecule has 0 radical (unpaired) electrons. The van der Waals surface area contributed by atoms with E-state index in [1.165, 1.54) is 0 Å². The van der Waals surface area contributed by atoms with Crippen LogP contribution in [0, 0.1) is 0 Å². The van der Waals surface area contributed by atoms with Gasteiger partial charge in [-0.2, -0.15) is 11.3 Å². The number of nitrogens with one attached hydrogen (secondary N) is 1. The van der Waals surface area contributed by atoms with Gasteiger partial charge in [0.2, 0.25) is 0 Å². The molecule has 0 unspecified atom stereocenters. The molecule has 0 amide bonds. The van der Waals surface area contributed by atoms with Crippen molar-refractivity contribution in [3.05, 3.63) is 35.2 Å². The van der Waals surface area contributed by atoms with E-state index in [0.29, 0.717) is 0 Å². The summed E-state index contributed by atoms with van der Waals surface area (Å²) in [6.07, 6.45) is 1.75. The van der Waals surface area contributed by atoms with Crippen LogP contribution in [0.25, 0.3) is 22.6 Å². The number of pyridine rings is 1. The zero-order valence-corrected chi connectivity index (χ0v) is 8.08. The van der Waals surface area contributed by atoms with Crippen LogP contribution in [0.4, 0.5) is 0 Å². The number of H-pyrrole nitrogens is 1. The summed E-state index contributed by atoms with van der Waals surface area (Å²) in [6, 6.07) is 5.92. The molecular weight excluding hydrogens is 194 g/mol. The molecule has 0 atom stereocenters. The zero-order valence-electron chi connectivity index (χ0n) is 7.27. The molecule has 0 spiro atoms. The smallest absolute Gasteiger partial charge is 0.178 e. The van der Waals surface area contributed by atoms with Gasteiger partial charge in [-0.25, -0.2) is 9.97 Å². The quantitative estimate of drug-likeness (QED) is 0.657. The number of fused-ring (bicyclic) bond motifs is 1. The standard InChI is InChI=1S/C10H7N3S/c1-2-8-10(11-4-1)13-9(12-8)7-3-5-14-6-7/h1-6H,(H,11,12,13). The van der Waals surface area contributed by atoms with E-state index in [1.54, 1.807) is 17.5 Å². The molecule has 0 bridgehead atoms. The van der Waals surface area contributed by atoms with Crippen LogP contribution >= 0.6 is 11.3 Å². The van der Waals surface area contributed by atoms with Crippen LogP contribution in [0.1, 0.15) is 0 Å². The highest BCUT2D eigenvalue weighted by Crippen LogP contribution is 2.20. The Morgan fingerprint density at radius 3 is 3.07 bits per heavy atom. The average molecular weight is 201 g/mol. The van der Waals surface area contributed by atoms with Crippen molar-refractivity contribution in [3.8, 4) is 11.4 Å². The molecule has 0 aliphatic heterocycles. The molecule has 3 aromatic rings. The molecule has 0 aliphatic rings. The Labute approximate surface area is 84.5 Å². The molecule has 68 valence electrons. The van der Waals surface area contributed by atoms with Crippen molar-refractivity contribution in [3.63, 3.8) is 0 Å². The Kier molecular flexibility index (Phi) is 1.61. The molecule has 3 heterocycles. The molecule has 3 aromatic heterocycles. The van der Waals surface area contributed by atoms with Crippen LogP contribution in [0.5, 0.6) is 0 Å². The summed E-state index contributed by atoms with van der Waals surface area (Å²) in [5, 5.41) is 4.10. The SMILES string of the molecule is c1cnc2nc(-c3ccsc3)[nH]c2c1. The Morgan fingerprint density at radius 2 is 2.29 bits per heavy atom. The first kappa shape index (κ1) is 7.70. The molecule has 0 saturated carbocycles. The van der Waals surface area contributed by atoms with Crippen LogP contribution in [0.3, 0.4) is 0 Å². The van der Waals surface area contributed by atoms with Gasteiger partial charge in [0.1, 0.15) is 5.82 Å². The van der Waals surface area contributed by atoms with Gasteiger partial charge < -0.3 is 4.98 Å². The average Bonchev–Trinajstić information content (AvgIpc) is 2.86. The lowest BCUT2D eigenvalue weighted by Gasteiger charge is -1.86. The predicted molar refractivity (Wildman–Crippen MR) is 57.2 cm³/mol. The maximum atomic E-state index is 4.40. The maximum Gasteiger partial charge on any atom is 0.178 e. The Hall–Kier alpha value is -1.68. The molecule has 0 saturated heterocycles. The van der Waals surface area contributed by atoms with Crippen LogP contribution in [0.15, 0.2) is 35.2 Å². The second-order valence-electron chi connectivity index (χ2n) is 2.97. The minimum absolute atomic E-state index is 0.772. The fraction of sp³-hybridized carbons (Fsp3) is 0. The third-order valence-electron chi connectivity index (χ3n) is 2.05. The number of hydrogen-bond donors (Lipinski definition) is 1. The minimum atomic E-state index is 0.772. The van der Waals surface area contributed by atoms with Gasteiger partial charge in [0.25, 0.3) is 0 Å². The van der Waals surface area contributed by atoms with Crippen molar-refractivity contribution >= 4 is 22.5 Å². The topological polar surface area (TPSA) is 41.6 Å². The third-order valence-corrected chi connectivity index (χ3v) is 2.74. The van der Waals surface area contributed by atoms with Gasteiger partial charge in [0, 0.05) is 17.1 Å². The van der Waals surface area contributed by atoms with Gasteiger partial charge in [0.15, 0.2) is 5.65 Å². The van der Waals surface area contributed by atoms with E-state index in [2.05, 4.69) is 20.3 Å². The van der Waals surface area contributed by atoms with Crippen molar-refractivity contribution in [2.24, 2.45) is 0 Å². The van der Waals surface area contributed by atoms with Gasteiger partial charge in [-0.1, -0.05) is 0 Å². The Bertz CT molecular complexity index is 521. The largest absolute Gasteiger partial charge is 0.337 e. The highest BCUT2D eigenvalue weighted by molar-refractivity contribution is 7.08. The van der Waals surface area contributed by atoms with Crippen molar-refractivity contribution in [2.45, 2.75) is 0 Å². The monoisotopic (exact) mass is 201 g/mol. The molecule has 0 aliphatic carbocycles. The van der Waals surface area contributed by atoms with E-state index in [0.717, 1.165) is 22.6 Å². The van der Waals surface area contributed by atoms with E-state index in [-0.39, 0.29) is 0 Å². The van der Waals surface area contributed by atoms with Crippen molar-refractivity contribution in [1.29, 1.82) is 0 Å². The van der Waals surface area contributed by atoms with Gasteiger partial charge >= 0.3 is 0 Å². The van der Waals surface area contributed by atoms with Crippen molar-refractivity contribution in [2.75, 3.05) is 0 Å². The normalized spacial score (nSPS) is 10.9. The van der Waals surface area contributed by atoms with E-state index in [1.807, 2.05) is 23.6 Å². The molecule has 14 heavy (non-hydrogen) atoms. The number of imidazole rings is 1. The van der Waals surface area contributed by atoms with Gasteiger partial charge in [-0.15, -0.1) is 0 Å². The lowest BCUT2D eigenvalue weighted by molar-refractivity contribution is 1.31. The second kappa shape index (κ2) is 2.92. The highest BCUT2D eigenvalue weighted by Gasteiger charge is 2.04. The lowest BCUT2D eigenvalue weighted by atomic mass is 10.3. The number of thiophene rings is 1. The summed E-state index contributed by atoms with van der Waals surface area (Å²) in [6.45, 7) is 0. The van der Waals surface area contributed by atoms with E-state index in [4.69, 9.17) is 0 Å². The van der Waals surface area contributed by atoms with E-state index < -0.39 is 0 Å². The van der Waals surface area contributed by atoms with E-state index in [9.17, 15) is 0 Å². The summed E-state index contributed by atoms with van der Waals surface area (Å²) in [7, 11) is 0. The molecule has 3 rings (SSSR count). The summed E-state index contributed by atoms with van der Waals surface area (Å²) in [5.74, 6) is 0.889. The fourth-order valence-corrected chi connectivity index (χ4v) is 2.02. The Balaban J connectivity index is 2.24. The first-order valence-corrected chi connectivity index (χ1v) is 5.21. The number of aromatic amines is 1. The van der Waals surface area contributed by atoms with Crippen LogP contribution in [-0.4, -0.2) is 15.0 Å². The Morgan fingerprint density at radius 1 is 1.29 bits per heavy atom. The molecule has 1 N–H and O–H groups in total. The summed E-state index contributed by atoms with van der Waals surface area (Å²) >= 11 is 1.66. The van der Waals surface area contributed by atoms with Gasteiger partial charge in [0.05, 0.1) is 5.52 Å². The molecule has 4 heteroatoms. The fourth-order valence-electron chi connectivity index (χ4n) is 1.38. The van der Waals surface area contributed by atoms with Crippen LogP contribution in [-0.2, 0) is 0 Å². The van der Waals surface area contributed by atoms with Crippen LogP contribution < -0.4 is 0 Å². The lowest BCUT2D eigenvalue weighted by Crippen LogP contribution is -1.74. The highest BCUT2D eigenvalue weighted by atomic mass is 32.1. The van der Waals surface area contributed by atoms with Crippen molar-refractivity contribution < 1.29 is 0 Å².